The third kappa shape index (κ3) is 3.73. The Morgan fingerprint density at radius 2 is 2.19 bits per heavy atom. The molecule has 26 heavy (non-hydrogen) atoms. The van der Waals surface area contributed by atoms with Crippen LogP contribution in [-0.4, -0.2) is 74.7 Å². The van der Waals surface area contributed by atoms with Gasteiger partial charge in [-0.2, -0.15) is 0 Å². The molecule has 11 nitrogen and oxygen atoms in total. The molecule has 1 atom stereocenters. The number of ether oxygens (including phenoxy) is 5. The molecular formula is C15H19N3O8. The Balaban J connectivity index is 1.70. The van der Waals surface area contributed by atoms with Gasteiger partial charge in [0.2, 0.25) is 18.0 Å². The molecule has 1 aromatic heterocycles. The molecule has 0 unspecified atom stereocenters. The van der Waals surface area contributed by atoms with E-state index in [1.54, 1.807) is 4.90 Å². The van der Waals surface area contributed by atoms with Gasteiger partial charge in [0.05, 0.1) is 19.8 Å². The fourth-order valence-electron chi connectivity index (χ4n) is 2.60. The maximum atomic E-state index is 12.7. The van der Waals surface area contributed by atoms with Gasteiger partial charge in [-0.05, 0) is 0 Å². The van der Waals surface area contributed by atoms with Crippen LogP contribution < -0.4 is 15.6 Å². The van der Waals surface area contributed by atoms with Crippen LogP contribution in [0.4, 0.5) is 4.79 Å². The number of morpholine rings is 1. The van der Waals surface area contributed by atoms with Crippen LogP contribution in [0, 0.1) is 0 Å². The summed E-state index contributed by atoms with van der Waals surface area (Å²) < 4.78 is 26.2. The number of hydrogen-bond donors (Lipinski definition) is 1. The van der Waals surface area contributed by atoms with Gasteiger partial charge >= 0.3 is 6.16 Å². The lowest BCUT2D eigenvalue weighted by Crippen LogP contribution is -2.59. The molecule has 2 aliphatic heterocycles. The highest BCUT2D eigenvalue weighted by molar-refractivity contribution is 5.96. The Labute approximate surface area is 148 Å². The van der Waals surface area contributed by atoms with Crippen molar-refractivity contribution in [2.24, 2.45) is 0 Å². The van der Waals surface area contributed by atoms with Crippen LogP contribution in [0.2, 0.25) is 0 Å². The van der Waals surface area contributed by atoms with E-state index in [2.05, 4.69) is 5.43 Å². The first-order valence-corrected chi connectivity index (χ1v) is 7.94. The molecule has 1 fully saturated rings. The van der Waals surface area contributed by atoms with Crippen LogP contribution in [-0.2, 0) is 18.9 Å². The first-order chi connectivity index (χ1) is 12.6. The van der Waals surface area contributed by atoms with Crippen molar-refractivity contribution in [1.29, 1.82) is 0 Å². The number of rotatable bonds is 6. The summed E-state index contributed by atoms with van der Waals surface area (Å²) in [6.45, 7) is 0.820. The van der Waals surface area contributed by atoms with E-state index in [1.165, 1.54) is 24.0 Å². The molecule has 3 rings (SSSR count). The lowest BCUT2D eigenvalue weighted by atomic mass is 10.2. The van der Waals surface area contributed by atoms with Gasteiger partial charge in [-0.15, -0.1) is 0 Å². The number of amides is 1. The second kappa shape index (κ2) is 8.06. The van der Waals surface area contributed by atoms with E-state index in [0.717, 1.165) is 0 Å². The lowest BCUT2D eigenvalue weighted by Gasteiger charge is -2.41. The highest BCUT2D eigenvalue weighted by Crippen LogP contribution is 2.22. The number of carbonyl (C=O) groups excluding carboxylic acids is 2. The average molecular weight is 369 g/mol. The monoisotopic (exact) mass is 369 g/mol. The molecule has 2 aliphatic rings. The predicted octanol–water partition coefficient (Wildman–Crippen LogP) is -0.660. The summed E-state index contributed by atoms with van der Waals surface area (Å²) in [4.78, 5) is 37.8. The Bertz CT molecular complexity index is 734. The van der Waals surface area contributed by atoms with Crippen molar-refractivity contribution >= 4 is 12.1 Å². The van der Waals surface area contributed by atoms with Crippen molar-refractivity contribution in [3.8, 4) is 5.75 Å². The molecule has 1 aromatic rings. The smallest absolute Gasteiger partial charge is 0.451 e. The summed E-state index contributed by atoms with van der Waals surface area (Å²) in [6, 6.07) is 1.25. The molecule has 1 N–H and O–H groups in total. The van der Waals surface area contributed by atoms with E-state index in [1.807, 2.05) is 0 Å². The average Bonchev–Trinajstić information content (AvgIpc) is 2.64. The first-order valence-electron chi connectivity index (χ1n) is 7.94. The van der Waals surface area contributed by atoms with Crippen molar-refractivity contribution in [3.63, 3.8) is 0 Å². The number of carbonyl (C=O) groups is 2. The number of nitrogens with one attached hydrogen (secondary N) is 1. The van der Waals surface area contributed by atoms with Gasteiger partial charge in [0.25, 0.3) is 5.91 Å². The molecule has 142 valence electrons. The zero-order chi connectivity index (χ0) is 18.5. The first kappa shape index (κ1) is 18.0. The Morgan fingerprint density at radius 3 is 3.00 bits per heavy atom. The third-order valence-electron chi connectivity index (χ3n) is 3.82. The van der Waals surface area contributed by atoms with Crippen molar-refractivity contribution in [3.05, 3.63) is 28.2 Å². The zero-order valence-corrected chi connectivity index (χ0v) is 14.1. The molecule has 0 radical (unpaired) electrons. The summed E-state index contributed by atoms with van der Waals surface area (Å²) in [6.07, 6.45) is 0.143. The van der Waals surface area contributed by atoms with E-state index in [0.29, 0.717) is 19.8 Å². The fraction of sp³-hybridized carbons (Fsp3) is 0.533. The molecule has 0 saturated carbocycles. The zero-order valence-electron chi connectivity index (χ0n) is 14.1. The molecule has 0 aromatic carbocycles. The van der Waals surface area contributed by atoms with Crippen molar-refractivity contribution in [1.82, 2.24) is 9.58 Å². The maximum absolute atomic E-state index is 12.7. The lowest BCUT2D eigenvalue weighted by molar-refractivity contribution is -0.00914. The van der Waals surface area contributed by atoms with Gasteiger partial charge < -0.3 is 34.0 Å². The van der Waals surface area contributed by atoms with Gasteiger partial charge in [-0.3, -0.25) is 14.3 Å². The SMILES string of the molecule is COCCOC(=O)OCOc1c2n(ccc1=O)N[C@@H]1COCCN1C2=O. The molecular weight excluding hydrogens is 350 g/mol. The van der Waals surface area contributed by atoms with E-state index < -0.39 is 18.4 Å². The Morgan fingerprint density at radius 1 is 1.35 bits per heavy atom. The molecule has 1 amide bonds. The highest BCUT2D eigenvalue weighted by Gasteiger charge is 2.36. The molecule has 1 saturated heterocycles. The van der Waals surface area contributed by atoms with E-state index in [-0.39, 0.29) is 36.7 Å². The summed E-state index contributed by atoms with van der Waals surface area (Å²) in [7, 11) is 1.47. The van der Waals surface area contributed by atoms with E-state index >= 15 is 0 Å². The van der Waals surface area contributed by atoms with E-state index in [4.69, 9.17) is 23.7 Å². The van der Waals surface area contributed by atoms with E-state index in [9.17, 15) is 14.4 Å². The number of hydrogen-bond acceptors (Lipinski definition) is 9. The fourth-order valence-corrected chi connectivity index (χ4v) is 2.60. The van der Waals surface area contributed by atoms with Gasteiger partial charge in [-0.1, -0.05) is 0 Å². The normalized spacial score (nSPS) is 18.4. The van der Waals surface area contributed by atoms with Crippen LogP contribution >= 0.6 is 0 Å². The molecule has 3 heterocycles. The minimum Gasteiger partial charge on any atom is -0.451 e. The van der Waals surface area contributed by atoms with Gasteiger partial charge in [-0.25, -0.2) is 4.79 Å². The maximum Gasteiger partial charge on any atom is 0.511 e. The molecule has 0 bridgehead atoms. The molecule has 11 heteroatoms. The summed E-state index contributed by atoms with van der Waals surface area (Å²) in [5, 5.41) is 0. The third-order valence-corrected chi connectivity index (χ3v) is 3.82. The van der Waals surface area contributed by atoms with Gasteiger partial charge in [0.1, 0.15) is 12.8 Å². The Kier molecular flexibility index (Phi) is 5.58. The quantitative estimate of drug-likeness (QED) is 0.396. The topological polar surface area (TPSA) is 118 Å². The minimum absolute atomic E-state index is 0.0273. The minimum atomic E-state index is -0.968. The Hall–Kier alpha value is -2.79. The predicted molar refractivity (Wildman–Crippen MR) is 85.5 cm³/mol. The number of nitrogens with zero attached hydrogens (tertiary/aromatic N) is 2. The number of fused-ring (bicyclic) bond motifs is 2. The highest BCUT2D eigenvalue weighted by atomic mass is 16.8. The number of methoxy groups -OCH3 is 1. The van der Waals surface area contributed by atoms with Crippen LogP contribution in [0.1, 0.15) is 10.5 Å². The van der Waals surface area contributed by atoms with Gasteiger partial charge in [0.15, 0.2) is 5.69 Å². The van der Waals surface area contributed by atoms with Crippen LogP contribution in [0.5, 0.6) is 5.75 Å². The van der Waals surface area contributed by atoms with Gasteiger partial charge in [0, 0.05) is 25.9 Å². The second-order valence-electron chi connectivity index (χ2n) is 5.44. The van der Waals surface area contributed by atoms with Crippen molar-refractivity contribution in [2.45, 2.75) is 6.17 Å². The number of aromatic nitrogens is 1. The standard InChI is InChI=1S/C15H19N3O8/c1-22-6-7-24-15(21)26-9-25-13-10(19)2-3-18-12(13)14(20)17-4-5-23-8-11(17)16-18/h2-3,11,16H,4-9H2,1H3/t11-/m0/s1. The second-order valence-corrected chi connectivity index (χ2v) is 5.44. The summed E-state index contributed by atoms with van der Waals surface area (Å²) >= 11 is 0. The van der Waals surface area contributed by atoms with Crippen LogP contribution in [0.25, 0.3) is 0 Å². The van der Waals surface area contributed by atoms with Crippen molar-refractivity contribution in [2.75, 3.05) is 52.3 Å². The summed E-state index contributed by atoms with van der Waals surface area (Å²) in [5.74, 6) is -0.577. The van der Waals surface area contributed by atoms with Crippen LogP contribution in [0.15, 0.2) is 17.1 Å². The summed E-state index contributed by atoms with van der Waals surface area (Å²) in [5.41, 5.74) is 2.59. The van der Waals surface area contributed by atoms with Crippen molar-refractivity contribution < 1.29 is 33.3 Å². The molecule has 0 spiro atoms. The molecule has 0 aliphatic carbocycles. The largest absolute Gasteiger partial charge is 0.511 e. The van der Waals surface area contributed by atoms with Crippen LogP contribution in [0.3, 0.4) is 0 Å². The number of pyridine rings is 1.